The molecule has 1 aliphatic heterocycles. The van der Waals surface area contributed by atoms with Crippen LogP contribution < -0.4 is 29.6 Å². The third kappa shape index (κ3) is 3.78. The van der Waals surface area contributed by atoms with Gasteiger partial charge in [0.25, 0.3) is 0 Å². The van der Waals surface area contributed by atoms with E-state index in [2.05, 4.69) is 0 Å². The number of allylic oxidation sites excluding steroid dienone is 2. The van der Waals surface area contributed by atoms with E-state index < -0.39 is 20.4 Å². The largest absolute Gasteiger partial charge is 1.00 e. The molecule has 13 heavy (non-hydrogen) atoms. The SMILES string of the molecule is CC(O)C(=O)O[Si]1(C)C=CC=C1.[H-].[Na+]. The Morgan fingerprint density at radius 3 is 2.38 bits per heavy atom. The Morgan fingerprint density at radius 1 is 1.54 bits per heavy atom. The molecule has 3 nitrogen and oxygen atoms in total. The molecule has 0 aliphatic carbocycles. The zero-order valence-corrected chi connectivity index (χ0v) is 11.2. The molecule has 0 aromatic heterocycles. The number of aliphatic hydroxyl groups excluding tert-OH is 1. The first-order valence-electron chi connectivity index (χ1n) is 3.81. The summed E-state index contributed by atoms with van der Waals surface area (Å²) in [4.78, 5) is 11.0. The average molecular weight is 208 g/mol. The second kappa shape index (κ2) is 5.12. The summed E-state index contributed by atoms with van der Waals surface area (Å²) in [6.07, 6.45) is 2.69. The smallest absolute Gasteiger partial charge is 1.00 e. The van der Waals surface area contributed by atoms with Crippen LogP contribution in [-0.4, -0.2) is 25.5 Å². The number of rotatable bonds is 2. The maximum Gasteiger partial charge on any atom is 1.00 e. The fourth-order valence-electron chi connectivity index (χ4n) is 0.919. The normalized spacial score (nSPS) is 19.3. The van der Waals surface area contributed by atoms with Crippen LogP contribution in [0.5, 0.6) is 0 Å². The second-order valence-electron chi connectivity index (χ2n) is 3.00. The van der Waals surface area contributed by atoms with Crippen LogP contribution >= 0.6 is 0 Å². The summed E-state index contributed by atoms with van der Waals surface area (Å²) in [5.74, 6) is -0.541. The van der Waals surface area contributed by atoms with Gasteiger partial charge in [-0.2, -0.15) is 0 Å². The second-order valence-corrected chi connectivity index (χ2v) is 6.24. The van der Waals surface area contributed by atoms with Crippen LogP contribution in [0.25, 0.3) is 0 Å². The summed E-state index contributed by atoms with van der Waals surface area (Å²) in [7, 11) is -2.08. The standard InChI is InChI=1S/C8H12O3Si.Na.H/c1-7(9)8(10)11-12(2)5-3-4-6-12;;/h3-7,9H,1-2H3;;/q;+1;-1. The number of carbonyl (C=O) groups is 1. The van der Waals surface area contributed by atoms with E-state index >= 15 is 0 Å². The van der Waals surface area contributed by atoms with Crippen molar-refractivity contribution in [3.63, 3.8) is 0 Å². The summed E-state index contributed by atoms with van der Waals surface area (Å²) in [6.45, 7) is 3.30. The number of carbonyl (C=O) groups excluding carboxylic acids is 1. The fraction of sp³-hybridized carbons (Fsp3) is 0.375. The molecule has 0 bridgehead atoms. The van der Waals surface area contributed by atoms with Crippen LogP contribution in [0.1, 0.15) is 8.35 Å². The van der Waals surface area contributed by atoms with Crippen molar-refractivity contribution >= 4 is 14.3 Å². The predicted octanol–water partition coefficient (Wildman–Crippen LogP) is -2.19. The van der Waals surface area contributed by atoms with Gasteiger partial charge in [-0.05, 0) is 13.5 Å². The van der Waals surface area contributed by atoms with E-state index in [4.69, 9.17) is 9.53 Å². The van der Waals surface area contributed by atoms with Gasteiger partial charge in [0.1, 0.15) is 6.10 Å². The van der Waals surface area contributed by atoms with Gasteiger partial charge in [-0.1, -0.05) is 23.6 Å². The number of hydrogen-bond donors (Lipinski definition) is 1. The Bertz CT molecular complexity index is 241. The summed E-state index contributed by atoms with van der Waals surface area (Å²) in [5.41, 5.74) is 3.79. The molecule has 1 rings (SSSR count). The van der Waals surface area contributed by atoms with Gasteiger partial charge >= 0.3 is 43.8 Å². The van der Waals surface area contributed by atoms with Gasteiger partial charge in [-0.3, -0.25) is 4.79 Å². The summed E-state index contributed by atoms with van der Waals surface area (Å²) in [5, 5.41) is 8.90. The van der Waals surface area contributed by atoms with Crippen molar-refractivity contribution in [3.05, 3.63) is 23.6 Å². The quantitative estimate of drug-likeness (QED) is 0.524. The van der Waals surface area contributed by atoms with Crippen molar-refractivity contribution in [2.75, 3.05) is 0 Å². The topological polar surface area (TPSA) is 46.5 Å². The molecule has 68 valence electrons. The van der Waals surface area contributed by atoms with Gasteiger partial charge < -0.3 is 11.0 Å². The molecule has 0 amide bonds. The van der Waals surface area contributed by atoms with Gasteiger partial charge in [0.15, 0.2) is 0 Å². The molecular formula is C8H13NaO3Si. The van der Waals surface area contributed by atoms with Crippen LogP contribution in [0.4, 0.5) is 0 Å². The van der Waals surface area contributed by atoms with Crippen LogP contribution in [0.3, 0.4) is 0 Å². The van der Waals surface area contributed by atoms with Crippen LogP contribution in [0.15, 0.2) is 23.6 Å². The molecule has 0 saturated carbocycles. The zero-order valence-electron chi connectivity index (χ0n) is 9.15. The molecule has 1 unspecified atom stereocenters. The van der Waals surface area contributed by atoms with Crippen molar-refractivity contribution in [2.45, 2.75) is 19.6 Å². The molecule has 0 aromatic carbocycles. The molecule has 1 aliphatic rings. The van der Waals surface area contributed by atoms with Crippen molar-refractivity contribution in [3.8, 4) is 0 Å². The number of aliphatic hydroxyl groups is 1. The van der Waals surface area contributed by atoms with Gasteiger partial charge in [0, 0.05) is 0 Å². The minimum absolute atomic E-state index is 0. The molecule has 0 aromatic rings. The van der Waals surface area contributed by atoms with E-state index in [9.17, 15) is 4.79 Å². The van der Waals surface area contributed by atoms with Crippen LogP contribution in [0.2, 0.25) is 6.55 Å². The van der Waals surface area contributed by atoms with Gasteiger partial charge in [-0.15, -0.1) is 0 Å². The Hall–Kier alpha value is 0.127. The minimum Gasteiger partial charge on any atom is -1.00 e. The maximum atomic E-state index is 11.0. The monoisotopic (exact) mass is 208 g/mol. The van der Waals surface area contributed by atoms with Crippen molar-refractivity contribution < 1.29 is 45.3 Å². The van der Waals surface area contributed by atoms with Crippen molar-refractivity contribution in [2.24, 2.45) is 0 Å². The Balaban J connectivity index is 0. The summed E-state index contributed by atoms with van der Waals surface area (Å²) >= 11 is 0. The Morgan fingerprint density at radius 2 is 2.00 bits per heavy atom. The van der Waals surface area contributed by atoms with Gasteiger partial charge in [0.2, 0.25) is 0 Å². The molecule has 1 heterocycles. The first-order chi connectivity index (χ1) is 5.53. The Labute approximate surface area is 102 Å². The van der Waals surface area contributed by atoms with Crippen LogP contribution in [-0.2, 0) is 9.22 Å². The van der Waals surface area contributed by atoms with Crippen LogP contribution in [0, 0.1) is 0 Å². The molecule has 0 fully saturated rings. The van der Waals surface area contributed by atoms with Crippen molar-refractivity contribution in [1.29, 1.82) is 0 Å². The van der Waals surface area contributed by atoms with Crippen molar-refractivity contribution in [1.82, 2.24) is 0 Å². The average Bonchev–Trinajstić information content (AvgIpc) is 2.35. The molecule has 1 atom stereocenters. The third-order valence-corrected chi connectivity index (χ3v) is 3.98. The molecule has 0 radical (unpaired) electrons. The first kappa shape index (κ1) is 13.1. The minimum atomic E-state index is -2.08. The van der Waals surface area contributed by atoms with Gasteiger partial charge in [-0.25, -0.2) is 0 Å². The molecule has 0 saturated heterocycles. The summed E-state index contributed by atoms with van der Waals surface area (Å²) < 4.78 is 5.14. The zero-order chi connectivity index (χ0) is 9.19. The first-order valence-corrected chi connectivity index (χ1v) is 6.38. The van der Waals surface area contributed by atoms with E-state index in [1.165, 1.54) is 6.92 Å². The molecule has 5 heteroatoms. The molecular weight excluding hydrogens is 195 g/mol. The van der Waals surface area contributed by atoms with E-state index in [1.54, 1.807) is 0 Å². The van der Waals surface area contributed by atoms with E-state index in [-0.39, 0.29) is 31.0 Å². The Kier molecular flexibility index (Phi) is 5.17. The molecule has 1 N–H and O–H groups in total. The van der Waals surface area contributed by atoms with Gasteiger partial charge in [0.05, 0.1) is 0 Å². The third-order valence-electron chi connectivity index (χ3n) is 1.63. The van der Waals surface area contributed by atoms with E-state index in [1.807, 2.05) is 30.1 Å². The maximum absolute atomic E-state index is 11.0. The van der Waals surface area contributed by atoms with E-state index in [0.29, 0.717) is 0 Å². The molecule has 0 spiro atoms. The van der Waals surface area contributed by atoms with E-state index in [0.717, 1.165) is 0 Å². The fourth-order valence-corrected chi connectivity index (χ4v) is 2.76. The number of hydrogen-bond acceptors (Lipinski definition) is 3. The summed E-state index contributed by atoms with van der Waals surface area (Å²) in [6, 6.07) is 0. The predicted molar refractivity (Wildman–Crippen MR) is 48.8 cm³/mol.